The minimum absolute atomic E-state index is 0.145. The van der Waals surface area contributed by atoms with Gasteiger partial charge in [0.1, 0.15) is 11.0 Å². The van der Waals surface area contributed by atoms with Gasteiger partial charge in [-0.1, -0.05) is 13.8 Å². The largest absolute Gasteiger partial charge is 0.237 e. The Kier molecular flexibility index (Phi) is 2.09. The highest BCUT2D eigenvalue weighted by Crippen LogP contribution is 2.38. The van der Waals surface area contributed by atoms with E-state index in [4.69, 9.17) is 0 Å². The van der Waals surface area contributed by atoms with Gasteiger partial charge in [-0.05, 0) is 11.4 Å². The lowest BCUT2D eigenvalue weighted by Crippen LogP contribution is -2.40. The van der Waals surface area contributed by atoms with Crippen molar-refractivity contribution in [1.82, 2.24) is 4.31 Å². The van der Waals surface area contributed by atoms with Crippen LogP contribution in [0.25, 0.3) is 0 Å². The lowest BCUT2D eigenvalue weighted by atomic mass is 9.91. The highest BCUT2D eigenvalue weighted by atomic mass is 32.2. The Balaban J connectivity index is 2.57. The Morgan fingerprint density at radius 2 is 2.31 bits per heavy atom. The molecule has 2 heterocycles. The van der Waals surface area contributed by atoms with Crippen molar-refractivity contribution in [3.05, 3.63) is 16.3 Å². The quantitative estimate of drug-likeness (QED) is 0.648. The summed E-state index contributed by atoms with van der Waals surface area (Å²) in [5.41, 5.74) is 0.145. The lowest BCUT2D eigenvalue weighted by molar-refractivity contribution is 0.376. The molecule has 0 aliphatic carbocycles. The van der Waals surface area contributed by atoms with Crippen LogP contribution in [0.15, 0.2) is 16.3 Å². The Morgan fingerprint density at radius 3 is 3.00 bits per heavy atom. The number of nitrogens with zero attached hydrogens (tertiary/aromatic N) is 1. The maximum Gasteiger partial charge on any atom is 0.128 e. The van der Waals surface area contributed by atoms with Crippen molar-refractivity contribution in [2.24, 2.45) is 0 Å². The predicted octanol–water partition coefficient (Wildman–Crippen LogP) is 1.99. The van der Waals surface area contributed by atoms with E-state index in [-0.39, 0.29) is 5.41 Å². The topological polar surface area (TPSA) is 20.3 Å². The molecule has 0 amide bonds. The first kappa shape index (κ1) is 9.37. The van der Waals surface area contributed by atoms with Gasteiger partial charge >= 0.3 is 0 Å². The average molecular weight is 215 g/mol. The summed E-state index contributed by atoms with van der Waals surface area (Å²) < 4.78 is 13.7. The van der Waals surface area contributed by atoms with Crippen LogP contribution in [0.3, 0.4) is 0 Å². The van der Waals surface area contributed by atoms with Gasteiger partial charge in [-0.25, -0.2) is 8.51 Å². The summed E-state index contributed by atoms with van der Waals surface area (Å²) in [4.78, 5) is 2.28. The fraction of sp³-hybridized carbons (Fsp3) is 0.556. The van der Waals surface area contributed by atoms with Crippen LogP contribution in [0.4, 0.5) is 0 Å². The fourth-order valence-corrected chi connectivity index (χ4v) is 4.53. The van der Waals surface area contributed by atoms with Gasteiger partial charge in [-0.3, -0.25) is 0 Å². The molecule has 0 N–H and O–H groups in total. The van der Waals surface area contributed by atoms with Gasteiger partial charge in [0.15, 0.2) is 0 Å². The molecule has 1 atom stereocenters. The second-order valence-corrected chi connectivity index (χ2v) is 6.51. The summed E-state index contributed by atoms with van der Waals surface area (Å²) in [6.45, 7) is 5.28. The third kappa shape index (κ3) is 1.37. The molecule has 1 aliphatic rings. The Labute approximate surface area is 85.2 Å². The predicted molar refractivity (Wildman–Crippen MR) is 56.4 cm³/mol. The molecule has 0 spiro atoms. The summed E-state index contributed by atoms with van der Waals surface area (Å²) in [6, 6.07) is 1.98. The first-order chi connectivity index (χ1) is 6.02. The van der Waals surface area contributed by atoms with E-state index in [2.05, 4.69) is 13.8 Å². The van der Waals surface area contributed by atoms with Crippen molar-refractivity contribution in [1.29, 1.82) is 0 Å². The number of thiophene rings is 1. The molecule has 4 heteroatoms. The number of rotatable bonds is 0. The molecule has 0 saturated carbocycles. The lowest BCUT2D eigenvalue weighted by Gasteiger charge is -2.34. The number of likely N-dealkylation sites (N-methyl/N-ethyl adjacent to an activating group) is 1. The summed E-state index contributed by atoms with van der Waals surface area (Å²) in [6.07, 6.45) is 0. The van der Waals surface area contributed by atoms with Crippen molar-refractivity contribution in [3.8, 4) is 0 Å². The highest BCUT2D eigenvalue weighted by Gasteiger charge is 2.35. The van der Waals surface area contributed by atoms with Gasteiger partial charge in [-0.2, -0.15) is 0 Å². The van der Waals surface area contributed by atoms with Gasteiger partial charge in [0.05, 0.1) is 4.90 Å². The van der Waals surface area contributed by atoms with Crippen LogP contribution < -0.4 is 0 Å². The van der Waals surface area contributed by atoms with Crippen molar-refractivity contribution in [3.63, 3.8) is 0 Å². The molecule has 0 fully saturated rings. The highest BCUT2D eigenvalue weighted by molar-refractivity contribution is 7.83. The minimum Gasteiger partial charge on any atom is -0.237 e. The average Bonchev–Trinajstić information content (AvgIpc) is 2.48. The summed E-state index contributed by atoms with van der Waals surface area (Å²) in [5.74, 6) is 0. The smallest absolute Gasteiger partial charge is 0.128 e. The maximum atomic E-state index is 11.8. The Bertz CT molecular complexity index is 356. The summed E-state index contributed by atoms with van der Waals surface area (Å²) in [7, 11) is 0.984. The standard InChI is InChI=1S/C9H13NOS2/c1-9(2)6-10(3)13(11)7-4-5-12-8(7)9/h4-5H,6H2,1-3H3. The first-order valence-electron chi connectivity index (χ1n) is 4.23. The van der Waals surface area contributed by atoms with Crippen molar-refractivity contribution < 1.29 is 4.21 Å². The molecule has 72 valence electrons. The van der Waals surface area contributed by atoms with E-state index in [9.17, 15) is 4.21 Å². The van der Waals surface area contributed by atoms with E-state index < -0.39 is 11.0 Å². The van der Waals surface area contributed by atoms with Crippen LogP contribution in [-0.2, 0) is 16.4 Å². The normalized spacial score (nSPS) is 27.2. The van der Waals surface area contributed by atoms with Crippen molar-refractivity contribution in [2.45, 2.75) is 24.2 Å². The molecule has 0 saturated heterocycles. The van der Waals surface area contributed by atoms with E-state index in [0.717, 1.165) is 11.4 Å². The van der Waals surface area contributed by atoms with Crippen LogP contribution in [0.2, 0.25) is 0 Å². The SMILES string of the molecule is CN1CC(C)(C)c2sccc2S1=O. The molecule has 13 heavy (non-hydrogen) atoms. The molecule has 1 aromatic heterocycles. The summed E-state index contributed by atoms with van der Waals surface area (Å²) >= 11 is 1.72. The second kappa shape index (κ2) is 2.90. The first-order valence-corrected chi connectivity index (χ1v) is 6.22. The number of hydrogen-bond donors (Lipinski definition) is 0. The Morgan fingerprint density at radius 1 is 1.62 bits per heavy atom. The molecular weight excluding hydrogens is 202 g/mol. The van der Waals surface area contributed by atoms with Crippen LogP contribution in [0, 0.1) is 0 Å². The summed E-state index contributed by atoms with van der Waals surface area (Å²) in [5, 5.41) is 2.03. The van der Waals surface area contributed by atoms with Crippen LogP contribution in [-0.4, -0.2) is 22.1 Å². The minimum atomic E-state index is -0.932. The third-order valence-electron chi connectivity index (χ3n) is 2.33. The van der Waals surface area contributed by atoms with E-state index in [1.165, 1.54) is 4.88 Å². The van der Waals surface area contributed by atoms with E-state index in [0.29, 0.717) is 0 Å². The molecule has 1 aliphatic heterocycles. The van der Waals surface area contributed by atoms with Crippen LogP contribution >= 0.6 is 11.3 Å². The molecule has 2 rings (SSSR count). The zero-order valence-electron chi connectivity index (χ0n) is 8.03. The number of fused-ring (bicyclic) bond motifs is 1. The molecular formula is C9H13NOS2. The van der Waals surface area contributed by atoms with E-state index in [1.54, 1.807) is 11.3 Å². The zero-order chi connectivity index (χ0) is 9.64. The maximum absolute atomic E-state index is 11.8. The Hall–Kier alpha value is -0.190. The molecule has 2 nitrogen and oxygen atoms in total. The van der Waals surface area contributed by atoms with Crippen LogP contribution in [0.5, 0.6) is 0 Å². The van der Waals surface area contributed by atoms with Gasteiger partial charge in [-0.15, -0.1) is 11.3 Å². The van der Waals surface area contributed by atoms with Gasteiger partial charge in [0.25, 0.3) is 0 Å². The van der Waals surface area contributed by atoms with Crippen molar-refractivity contribution >= 4 is 22.3 Å². The van der Waals surface area contributed by atoms with Gasteiger partial charge in [0.2, 0.25) is 0 Å². The molecule has 0 radical (unpaired) electrons. The zero-order valence-corrected chi connectivity index (χ0v) is 9.67. The van der Waals surface area contributed by atoms with Crippen molar-refractivity contribution in [2.75, 3.05) is 13.6 Å². The second-order valence-electron chi connectivity index (χ2n) is 4.03. The molecule has 1 aromatic rings. The molecule has 0 bridgehead atoms. The van der Waals surface area contributed by atoms with E-state index in [1.807, 2.05) is 22.8 Å². The number of hydrogen-bond acceptors (Lipinski definition) is 2. The van der Waals surface area contributed by atoms with Crippen LogP contribution in [0.1, 0.15) is 18.7 Å². The fourth-order valence-electron chi connectivity index (χ4n) is 1.78. The van der Waals surface area contributed by atoms with Gasteiger partial charge < -0.3 is 0 Å². The third-order valence-corrected chi connectivity index (χ3v) is 5.15. The monoisotopic (exact) mass is 215 g/mol. The molecule has 1 unspecified atom stereocenters. The van der Waals surface area contributed by atoms with E-state index >= 15 is 0 Å². The molecule has 0 aromatic carbocycles. The van der Waals surface area contributed by atoms with Gasteiger partial charge in [0, 0.05) is 23.9 Å².